The molecule has 0 saturated heterocycles. The van der Waals surface area contributed by atoms with E-state index in [4.69, 9.17) is 14.4 Å². The number of aromatic nitrogens is 2. The number of fused-ring (bicyclic) bond motifs is 9. The molecule has 2 atom stereocenters. The Balaban J connectivity index is 0.955. The van der Waals surface area contributed by atoms with Gasteiger partial charge in [0.25, 0.3) is 0 Å². The molecule has 6 heteroatoms. The van der Waals surface area contributed by atoms with Crippen LogP contribution in [0, 0.1) is 0 Å². The Morgan fingerprint density at radius 1 is 0.432 bits per heavy atom. The van der Waals surface area contributed by atoms with Gasteiger partial charge in [0, 0.05) is 55.0 Å². The third-order valence-electron chi connectivity index (χ3n) is 16.6. The molecule has 11 aromatic carbocycles. The highest BCUT2D eigenvalue weighted by Gasteiger charge is 2.29. The molecule has 1 aliphatic carbocycles. The van der Waals surface area contributed by atoms with Crippen molar-refractivity contribution in [1.82, 2.24) is 14.5 Å². The molecule has 382 valence electrons. The predicted octanol–water partition coefficient (Wildman–Crippen LogP) is 18.9. The van der Waals surface area contributed by atoms with Crippen molar-refractivity contribution in [3.05, 3.63) is 301 Å². The second-order valence-electron chi connectivity index (χ2n) is 21.2. The molecule has 3 aromatic heterocycles. The quantitative estimate of drug-likeness (QED) is 0.157. The third kappa shape index (κ3) is 7.78. The number of aliphatic imine (C=N–C) groups is 2. The summed E-state index contributed by atoms with van der Waals surface area (Å²) >= 11 is 0. The van der Waals surface area contributed by atoms with Gasteiger partial charge in [0.15, 0.2) is 5.84 Å². The predicted molar refractivity (Wildman–Crippen MR) is 336 cm³/mol. The second-order valence-corrected chi connectivity index (χ2v) is 21.2. The van der Waals surface area contributed by atoms with E-state index in [1.54, 1.807) is 0 Å². The van der Waals surface area contributed by atoms with Crippen molar-refractivity contribution >= 4 is 77.2 Å². The fourth-order valence-corrected chi connectivity index (χ4v) is 12.8. The van der Waals surface area contributed by atoms with Crippen molar-refractivity contribution in [2.75, 3.05) is 0 Å². The zero-order valence-electron chi connectivity index (χ0n) is 44.1. The maximum absolute atomic E-state index is 6.74. The van der Waals surface area contributed by atoms with Crippen LogP contribution in [-0.2, 0) is 0 Å². The van der Waals surface area contributed by atoms with Crippen LogP contribution < -0.4 is 5.32 Å². The Hall–Kier alpha value is -10.6. The largest absolute Gasteiger partial charge is 0.455 e. The zero-order valence-corrected chi connectivity index (χ0v) is 44.1. The van der Waals surface area contributed by atoms with Crippen LogP contribution in [0.1, 0.15) is 40.8 Å². The van der Waals surface area contributed by atoms with E-state index < -0.39 is 6.17 Å². The number of hydrogen-bond donors (Lipinski definition) is 1. The molecule has 0 radical (unpaired) electrons. The van der Waals surface area contributed by atoms with Crippen LogP contribution in [-0.4, -0.2) is 20.8 Å². The summed E-state index contributed by atoms with van der Waals surface area (Å²) in [4.78, 5) is 11.1. The SMILES string of the molecule is C1=CCC(c2ccc(C3N=C(c4ccc(-c5ccccc5)cc4)N=C(c4cccc5c4oc4ccccc45)N3)c(-n3c4cc(-c5ccccc5)ccc4c4c(-c5cccc6c5c5ccccc5n6-c5ccccc5)cccc43)c2)C=C1. The smallest absolute Gasteiger partial charge is 0.159 e. The summed E-state index contributed by atoms with van der Waals surface area (Å²) in [6.45, 7) is 0. The minimum Gasteiger partial charge on any atom is -0.455 e. The summed E-state index contributed by atoms with van der Waals surface area (Å²) < 4.78 is 11.7. The molecule has 81 heavy (non-hydrogen) atoms. The number of hydrogen-bond acceptors (Lipinski definition) is 4. The molecule has 0 saturated carbocycles. The summed E-state index contributed by atoms with van der Waals surface area (Å²) in [6.07, 6.45) is 9.28. The maximum Gasteiger partial charge on any atom is 0.159 e. The molecule has 4 heterocycles. The lowest BCUT2D eigenvalue weighted by molar-refractivity contribution is 0.658. The van der Waals surface area contributed by atoms with Gasteiger partial charge in [-0.3, -0.25) is 0 Å². The maximum atomic E-state index is 6.74. The fourth-order valence-electron chi connectivity index (χ4n) is 12.8. The lowest BCUT2D eigenvalue weighted by Gasteiger charge is -2.27. The Morgan fingerprint density at radius 2 is 1.02 bits per heavy atom. The van der Waals surface area contributed by atoms with Gasteiger partial charge in [-0.25, -0.2) is 9.98 Å². The van der Waals surface area contributed by atoms with Crippen LogP contribution in [0.5, 0.6) is 0 Å². The number of amidine groups is 2. The van der Waals surface area contributed by atoms with Gasteiger partial charge in [0.05, 0.1) is 33.3 Å². The van der Waals surface area contributed by atoms with Crippen LogP contribution in [0.4, 0.5) is 0 Å². The molecule has 0 spiro atoms. The van der Waals surface area contributed by atoms with E-state index in [1.807, 2.05) is 12.1 Å². The van der Waals surface area contributed by atoms with Crippen molar-refractivity contribution in [3.8, 4) is 44.8 Å². The Labute approximate surface area is 468 Å². The highest BCUT2D eigenvalue weighted by Crippen LogP contribution is 2.46. The zero-order chi connectivity index (χ0) is 53.4. The molecule has 16 rings (SSSR count). The van der Waals surface area contributed by atoms with Crippen LogP contribution >= 0.6 is 0 Å². The first kappa shape index (κ1) is 46.5. The molecule has 0 bridgehead atoms. The van der Waals surface area contributed by atoms with E-state index in [0.717, 1.165) is 89.7 Å². The molecule has 0 fully saturated rings. The normalized spacial score (nSPS) is 15.3. The lowest BCUT2D eigenvalue weighted by Crippen LogP contribution is -2.34. The van der Waals surface area contributed by atoms with E-state index in [1.165, 1.54) is 49.3 Å². The minimum absolute atomic E-state index is 0.190. The average Bonchev–Trinajstić information content (AvgIpc) is 4.38. The molecule has 6 nitrogen and oxygen atoms in total. The number of nitrogens with one attached hydrogen (secondary N) is 1. The number of furan rings is 1. The van der Waals surface area contributed by atoms with Crippen molar-refractivity contribution in [3.63, 3.8) is 0 Å². The van der Waals surface area contributed by atoms with E-state index in [0.29, 0.717) is 11.7 Å². The lowest BCUT2D eigenvalue weighted by atomic mass is 9.90. The van der Waals surface area contributed by atoms with Gasteiger partial charge >= 0.3 is 0 Å². The Bertz CT molecular complexity index is 4920. The number of benzene rings is 11. The highest BCUT2D eigenvalue weighted by atomic mass is 16.3. The molecule has 2 unspecified atom stereocenters. The third-order valence-corrected chi connectivity index (χ3v) is 16.6. The average molecular weight is 1040 g/mol. The van der Waals surface area contributed by atoms with Crippen molar-refractivity contribution in [1.29, 1.82) is 0 Å². The van der Waals surface area contributed by atoms with E-state index in [9.17, 15) is 0 Å². The van der Waals surface area contributed by atoms with Crippen LogP contribution in [0.2, 0.25) is 0 Å². The van der Waals surface area contributed by atoms with Gasteiger partial charge in [0.2, 0.25) is 0 Å². The number of nitrogens with zero attached hydrogens (tertiary/aromatic N) is 4. The van der Waals surface area contributed by atoms with Gasteiger partial charge in [-0.2, -0.15) is 0 Å². The van der Waals surface area contributed by atoms with Gasteiger partial charge in [0.1, 0.15) is 23.2 Å². The topological polar surface area (TPSA) is 59.8 Å². The minimum atomic E-state index is -0.572. The van der Waals surface area contributed by atoms with Crippen LogP contribution in [0.3, 0.4) is 0 Å². The van der Waals surface area contributed by atoms with E-state index in [-0.39, 0.29) is 5.92 Å². The molecule has 14 aromatic rings. The number of rotatable bonds is 9. The Morgan fingerprint density at radius 3 is 1.78 bits per heavy atom. The first-order valence-electron chi connectivity index (χ1n) is 27.9. The molecular formula is C75H51N5O. The van der Waals surface area contributed by atoms with E-state index >= 15 is 0 Å². The molecule has 0 amide bonds. The van der Waals surface area contributed by atoms with Gasteiger partial charge in [-0.05, 0) is 100.0 Å². The summed E-state index contributed by atoms with van der Waals surface area (Å²) in [7, 11) is 0. The van der Waals surface area contributed by atoms with E-state index in [2.05, 4.69) is 281 Å². The van der Waals surface area contributed by atoms with Crippen molar-refractivity contribution in [2.45, 2.75) is 18.5 Å². The Kier molecular flexibility index (Phi) is 11.0. The number of para-hydroxylation sites is 4. The fraction of sp³-hybridized carbons (Fsp3) is 0.0400. The van der Waals surface area contributed by atoms with Gasteiger partial charge in [-0.15, -0.1) is 0 Å². The van der Waals surface area contributed by atoms with Crippen LogP contribution in [0.15, 0.2) is 293 Å². The molecule has 2 aliphatic rings. The van der Waals surface area contributed by atoms with Gasteiger partial charge in [-0.1, -0.05) is 224 Å². The first-order valence-corrected chi connectivity index (χ1v) is 27.9. The first-order chi connectivity index (χ1) is 40.2. The molecule has 1 N–H and O–H groups in total. The second kappa shape index (κ2) is 19.1. The molecule has 1 aliphatic heterocycles. The highest BCUT2D eigenvalue weighted by molar-refractivity contribution is 6.23. The van der Waals surface area contributed by atoms with Crippen molar-refractivity contribution < 1.29 is 4.42 Å². The summed E-state index contributed by atoms with van der Waals surface area (Å²) in [5.41, 5.74) is 19.3. The summed E-state index contributed by atoms with van der Waals surface area (Å²) in [5.74, 6) is 1.52. The summed E-state index contributed by atoms with van der Waals surface area (Å²) in [6, 6.07) is 91.8. The van der Waals surface area contributed by atoms with Crippen molar-refractivity contribution in [2.24, 2.45) is 9.98 Å². The standard InChI is InChI=1S/C75H51N5O/c1-5-20-48(21-6-1)51-38-40-52(41-39-51)73-76-74(78-75(77-73)63-33-17-32-59-56-28-14-16-37-69(56)81-72(59)63)62-45-43-54(50-24-9-3-10-25-50)47-68(62)80-66-36-19-31-58(71(66)61-44-42-53(46-67(61)80)49-22-7-2-8-23-49)57-30-18-35-65-70(57)60-29-13-15-34-64(60)79(65)55-26-11-4-12-27-55/h1-24,26-47,50,74H,25H2,(H,76,77,78). The monoisotopic (exact) mass is 1040 g/mol. The van der Waals surface area contributed by atoms with Gasteiger partial charge < -0.3 is 18.9 Å². The summed E-state index contributed by atoms with van der Waals surface area (Å²) in [5, 5.41) is 10.8. The number of allylic oxidation sites excluding steroid dienone is 4. The van der Waals surface area contributed by atoms with Crippen LogP contribution in [0.25, 0.3) is 110 Å². The molecular weight excluding hydrogens is 987 g/mol.